The van der Waals surface area contributed by atoms with E-state index < -0.39 is 18.5 Å². The van der Waals surface area contributed by atoms with Crippen molar-refractivity contribution in [3.8, 4) is 5.75 Å². The van der Waals surface area contributed by atoms with Crippen molar-refractivity contribution >= 4 is 29.2 Å². The maximum absolute atomic E-state index is 12.8. The van der Waals surface area contributed by atoms with E-state index in [4.69, 9.17) is 9.47 Å². The van der Waals surface area contributed by atoms with Crippen molar-refractivity contribution in [1.29, 1.82) is 0 Å². The van der Waals surface area contributed by atoms with Crippen molar-refractivity contribution in [1.82, 2.24) is 0 Å². The second kappa shape index (κ2) is 8.98. The minimum absolute atomic E-state index is 0.156. The van der Waals surface area contributed by atoms with Gasteiger partial charge in [-0.3, -0.25) is 9.59 Å². The van der Waals surface area contributed by atoms with Crippen LogP contribution in [0.15, 0.2) is 36.4 Å². The van der Waals surface area contributed by atoms with Gasteiger partial charge in [-0.1, -0.05) is 29.8 Å². The van der Waals surface area contributed by atoms with Crippen LogP contribution >= 0.6 is 0 Å². The number of nitrogens with zero attached hydrogens (tertiary/aromatic N) is 1. The number of carbonyl (C=O) groups is 3. The zero-order valence-corrected chi connectivity index (χ0v) is 17.7. The number of hydrogen-bond acceptors (Lipinski definition) is 5. The van der Waals surface area contributed by atoms with Gasteiger partial charge in [0.05, 0.1) is 11.4 Å². The third-order valence-corrected chi connectivity index (χ3v) is 4.92. The molecule has 0 radical (unpaired) electrons. The Morgan fingerprint density at radius 3 is 2.47 bits per heavy atom. The average molecular weight is 410 g/mol. The van der Waals surface area contributed by atoms with E-state index in [1.165, 1.54) is 4.90 Å². The topological polar surface area (TPSA) is 84.9 Å². The summed E-state index contributed by atoms with van der Waals surface area (Å²) >= 11 is 0. The van der Waals surface area contributed by atoms with Crippen molar-refractivity contribution in [3.05, 3.63) is 53.1 Å². The summed E-state index contributed by atoms with van der Waals surface area (Å²) < 4.78 is 10.8. The average Bonchev–Trinajstić information content (AvgIpc) is 2.79. The van der Waals surface area contributed by atoms with Crippen LogP contribution in [-0.2, 0) is 19.1 Å². The van der Waals surface area contributed by atoms with E-state index in [9.17, 15) is 14.4 Å². The summed E-state index contributed by atoms with van der Waals surface area (Å²) in [6, 6.07) is 10.6. The number of amides is 2. The summed E-state index contributed by atoms with van der Waals surface area (Å²) in [7, 11) is 0. The molecule has 3 rings (SSSR count). The molecule has 1 heterocycles. The molecular formula is C23H26N2O5. The Morgan fingerprint density at radius 2 is 1.77 bits per heavy atom. The molecule has 0 bridgehead atoms. The Morgan fingerprint density at radius 1 is 1.10 bits per heavy atom. The Balaban J connectivity index is 1.62. The fraction of sp³-hybridized carbons (Fsp3) is 0.348. The molecule has 0 spiro atoms. The maximum atomic E-state index is 12.8. The predicted octanol–water partition coefficient (Wildman–Crippen LogP) is 3.30. The fourth-order valence-corrected chi connectivity index (χ4v) is 3.75. The summed E-state index contributed by atoms with van der Waals surface area (Å²) in [5.41, 5.74) is 4.12. The number of nitrogens with one attached hydrogen (secondary N) is 1. The van der Waals surface area contributed by atoms with Crippen molar-refractivity contribution in [2.24, 2.45) is 0 Å². The Labute approximate surface area is 176 Å². The summed E-state index contributed by atoms with van der Waals surface area (Å²) in [6.07, 6.45) is 0.156. The molecule has 1 aliphatic heterocycles. The van der Waals surface area contributed by atoms with Gasteiger partial charge in [0, 0.05) is 12.5 Å². The van der Waals surface area contributed by atoms with Gasteiger partial charge in [0.15, 0.2) is 13.2 Å². The lowest BCUT2D eigenvalue weighted by atomic mass is 10.1. The summed E-state index contributed by atoms with van der Waals surface area (Å²) in [4.78, 5) is 38.5. The first kappa shape index (κ1) is 21.4. The van der Waals surface area contributed by atoms with Crippen molar-refractivity contribution in [2.45, 2.75) is 40.2 Å². The normalized spacial score (nSPS) is 15.7. The van der Waals surface area contributed by atoms with Crippen LogP contribution in [0.5, 0.6) is 5.75 Å². The first-order valence-electron chi connectivity index (χ1n) is 9.83. The fourth-order valence-electron chi connectivity index (χ4n) is 3.75. The van der Waals surface area contributed by atoms with E-state index in [2.05, 4.69) is 5.32 Å². The number of rotatable bonds is 5. The Hall–Kier alpha value is -3.35. The Kier molecular flexibility index (Phi) is 6.40. The number of fused-ring (bicyclic) bond motifs is 1. The molecule has 0 unspecified atom stereocenters. The standard InChI is InChI=1S/C23H26N2O5/c1-14-9-15(2)23(16(3)10-14)30-13-22(28)29-12-21(27)25-17(4)11-20(26)24-18-7-5-6-8-19(18)25/h5-10,17H,11-13H2,1-4H3,(H,24,26)/t17-/m1/s1. The third kappa shape index (κ3) is 4.79. The van der Waals surface area contributed by atoms with Gasteiger partial charge >= 0.3 is 5.97 Å². The van der Waals surface area contributed by atoms with Gasteiger partial charge < -0.3 is 19.7 Å². The number of aryl methyl sites for hydroxylation is 3. The van der Waals surface area contributed by atoms with Gasteiger partial charge in [-0.15, -0.1) is 0 Å². The van der Waals surface area contributed by atoms with Crippen molar-refractivity contribution < 1.29 is 23.9 Å². The molecule has 1 atom stereocenters. The number of carbonyl (C=O) groups excluding carboxylic acids is 3. The van der Waals surface area contributed by atoms with Gasteiger partial charge in [-0.05, 0) is 51.0 Å². The third-order valence-electron chi connectivity index (χ3n) is 4.92. The van der Waals surface area contributed by atoms with E-state index in [0.717, 1.165) is 16.7 Å². The molecule has 1 aliphatic rings. The van der Waals surface area contributed by atoms with Crippen LogP contribution in [0, 0.1) is 20.8 Å². The van der Waals surface area contributed by atoms with Crippen LogP contribution in [0.4, 0.5) is 11.4 Å². The number of esters is 1. The molecule has 158 valence electrons. The van der Waals surface area contributed by atoms with Crippen LogP contribution in [0.25, 0.3) is 0 Å². The van der Waals surface area contributed by atoms with Crippen LogP contribution in [-0.4, -0.2) is 37.0 Å². The monoisotopic (exact) mass is 410 g/mol. The second-order valence-electron chi connectivity index (χ2n) is 7.56. The van der Waals surface area contributed by atoms with E-state index in [1.54, 1.807) is 31.2 Å². The van der Waals surface area contributed by atoms with Gasteiger partial charge in [0.1, 0.15) is 5.75 Å². The number of hydrogen-bond donors (Lipinski definition) is 1. The van der Waals surface area contributed by atoms with E-state index >= 15 is 0 Å². The second-order valence-corrected chi connectivity index (χ2v) is 7.56. The molecular weight excluding hydrogens is 384 g/mol. The molecule has 0 aromatic heterocycles. The van der Waals surface area contributed by atoms with E-state index in [-0.39, 0.29) is 25.0 Å². The molecule has 7 heteroatoms. The quantitative estimate of drug-likeness (QED) is 0.765. The van der Waals surface area contributed by atoms with Crippen LogP contribution in [0.2, 0.25) is 0 Å². The van der Waals surface area contributed by atoms with E-state index in [1.807, 2.05) is 32.9 Å². The zero-order valence-electron chi connectivity index (χ0n) is 17.7. The minimum Gasteiger partial charge on any atom is -0.481 e. The summed E-state index contributed by atoms with van der Waals surface area (Å²) in [5.74, 6) is -0.557. The highest BCUT2D eigenvalue weighted by Crippen LogP contribution is 2.31. The largest absolute Gasteiger partial charge is 0.481 e. The lowest BCUT2D eigenvalue weighted by Crippen LogP contribution is -2.41. The summed E-state index contributed by atoms with van der Waals surface area (Å²) in [5, 5.41) is 2.79. The highest BCUT2D eigenvalue weighted by Gasteiger charge is 2.30. The maximum Gasteiger partial charge on any atom is 0.344 e. The number of para-hydroxylation sites is 2. The number of anilines is 2. The molecule has 0 saturated heterocycles. The highest BCUT2D eigenvalue weighted by atomic mass is 16.6. The van der Waals surface area contributed by atoms with Gasteiger partial charge in [0.2, 0.25) is 5.91 Å². The molecule has 0 aliphatic carbocycles. The van der Waals surface area contributed by atoms with Crippen LogP contribution < -0.4 is 15.0 Å². The van der Waals surface area contributed by atoms with Gasteiger partial charge in [0.25, 0.3) is 5.91 Å². The zero-order chi connectivity index (χ0) is 21.8. The van der Waals surface area contributed by atoms with Crippen molar-refractivity contribution in [2.75, 3.05) is 23.4 Å². The lowest BCUT2D eigenvalue weighted by molar-refractivity contribution is -0.150. The van der Waals surface area contributed by atoms with Crippen LogP contribution in [0.3, 0.4) is 0 Å². The van der Waals surface area contributed by atoms with Crippen LogP contribution in [0.1, 0.15) is 30.0 Å². The molecule has 2 aromatic rings. The van der Waals surface area contributed by atoms with Crippen molar-refractivity contribution in [3.63, 3.8) is 0 Å². The van der Waals surface area contributed by atoms with Gasteiger partial charge in [-0.2, -0.15) is 0 Å². The first-order chi connectivity index (χ1) is 14.3. The highest BCUT2D eigenvalue weighted by molar-refractivity contribution is 6.05. The molecule has 1 N–H and O–H groups in total. The smallest absolute Gasteiger partial charge is 0.344 e. The van der Waals surface area contributed by atoms with E-state index in [0.29, 0.717) is 17.1 Å². The molecule has 2 amide bonds. The van der Waals surface area contributed by atoms with Gasteiger partial charge in [-0.25, -0.2) is 4.79 Å². The minimum atomic E-state index is -0.632. The molecule has 0 fully saturated rings. The number of ether oxygens (including phenoxy) is 2. The number of benzene rings is 2. The molecule has 0 saturated carbocycles. The predicted molar refractivity (Wildman–Crippen MR) is 114 cm³/mol. The molecule has 30 heavy (non-hydrogen) atoms. The summed E-state index contributed by atoms with van der Waals surface area (Å²) in [6.45, 7) is 6.89. The first-order valence-corrected chi connectivity index (χ1v) is 9.83. The molecule has 7 nitrogen and oxygen atoms in total. The Bertz CT molecular complexity index is 962. The lowest BCUT2D eigenvalue weighted by Gasteiger charge is -2.27. The molecule has 2 aromatic carbocycles. The SMILES string of the molecule is Cc1cc(C)c(OCC(=O)OCC(=O)N2c3ccccc3NC(=O)C[C@H]2C)c(C)c1.